The van der Waals surface area contributed by atoms with Gasteiger partial charge in [-0.15, -0.1) is 0 Å². The van der Waals surface area contributed by atoms with Crippen molar-refractivity contribution in [1.82, 2.24) is 0 Å². The average molecular weight is 405 g/mol. The lowest BCUT2D eigenvalue weighted by Crippen LogP contribution is -2.45. The highest BCUT2D eigenvalue weighted by atomic mass is 16.4. The van der Waals surface area contributed by atoms with Crippen molar-refractivity contribution in [3.05, 3.63) is 70.8 Å². The second-order valence-electron chi connectivity index (χ2n) is 10.1. The van der Waals surface area contributed by atoms with Gasteiger partial charge >= 0.3 is 5.97 Å². The normalized spacial score (nSPS) is 33.3. The van der Waals surface area contributed by atoms with Crippen molar-refractivity contribution in [3.8, 4) is 0 Å². The zero-order valence-corrected chi connectivity index (χ0v) is 17.8. The first kappa shape index (κ1) is 19.8. The Morgan fingerprint density at radius 1 is 1.10 bits per heavy atom. The van der Waals surface area contributed by atoms with Crippen LogP contribution in [0.4, 0.5) is 0 Å². The van der Waals surface area contributed by atoms with Gasteiger partial charge in [-0.05, 0) is 103 Å². The van der Waals surface area contributed by atoms with Gasteiger partial charge in [0.15, 0.2) is 0 Å². The molecule has 0 amide bonds. The molecule has 2 fully saturated rings. The molecule has 3 nitrogen and oxygen atoms in total. The van der Waals surface area contributed by atoms with Crippen molar-refractivity contribution < 1.29 is 15.0 Å². The van der Waals surface area contributed by atoms with E-state index in [1.807, 2.05) is 12.1 Å². The Bertz CT molecular complexity index is 936. The van der Waals surface area contributed by atoms with E-state index in [-0.39, 0.29) is 11.5 Å². The Kier molecular flexibility index (Phi) is 4.97. The molecule has 3 aliphatic carbocycles. The van der Waals surface area contributed by atoms with Crippen molar-refractivity contribution in [1.29, 1.82) is 0 Å². The highest BCUT2D eigenvalue weighted by Gasteiger charge is 2.56. The molecule has 30 heavy (non-hydrogen) atoms. The van der Waals surface area contributed by atoms with Crippen molar-refractivity contribution in [2.24, 2.45) is 23.2 Å². The van der Waals surface area contributed by atoms with Crippen LogP contribution in [0.25, 0.3) is 0 Å². The first-order chi connectivity index (χ1) is 14.5. The van der Waals surface area contributed by atoms with Crippen molar-refractivity contribution in [2.45, 2.75) is 63.9 Å². The van der Waals surface area contributed by atoms with Crippen LogP contribution < -0.4 is 0 Å². The number of carbonyl (C=O) groups is 1. The fourth-order valence-electron chi connectivity index (χ4n) is 7.39. The summed E-state index contributed by atoms with van der Waals surface area (Å²) in [5.41, 5.74) is 4.50. The number of benzene rings is 2. The maximum atomic E-state index is 11.4. The van der Waals surface area contributed by atoms with Gasteiger partial charge in [-0.1, -0.05) is 43.3 Å². The Morgan fingerprint density at radius 3 is 2.67 bits per heavy atom. The lowest BCUT2D eigenvalue weighted by Gasteiger charge is -2.51. The van der Waals surface area contributed by atoms with Crippen LogP contribution in [-0.4, -0.2) is 22.3 Å². The van der Waals surface area contributed by atoms with Crippen molar-refractivity contribution in [3.63, 3.8) is 0 Å². The molecule has 158 valence electrons. The zero-order valence-electron chi connectivity index (χ0n) is 17.8. The molecule has 0 radical (unpaired) electrons. The Morgan fingerprint density at radius 2 is 1.90 bits per heavy atom. The second-order valence-corrected chi connectivity index (χ2v) is 10.1. The molecular weight excluding hydrogens is 372 g/mol. The molecule has 2 N–H and O–H groups in total. The van der Waals surface area contributed by atoms with Gasteiger partial charge in [-0.25, -0.2) is 4.79 Å². The molecule has 0 unspecified atom stereocenters. The molecule has 0 aromatic heterocycles. The summed E-state index contributed by atoms with van der Waals surface area (Å²) in [5, 5.41) is 20.5. The molecule has 0 spiro atoms. The third kappa shape index (κ3) is 3.19. The van der Waals surface area contributed by atoms with E-state index in [4.69, 9.17) is 0 Å². The van der Waals surface area contributed by atoms with Crippen LogP contribution in [0.3, 0.4) is 0 Å². The van der Waals surface area contributed by atoms with Gasteiger partial charge in [0.1, 0.15) is 0 Å². The van der Waals surface area contributed by atoms with Crippen LogP contribution in [0.15, 0.2) is 48.5 Å². The van der Waals surface area contributed by atoms with Gasteiger partial charge in [0, 0.05) is 0 Å². The minimum atomic E-state index is -0.831. The Labute approximate surface area is 179 Å². The second kappa shape index (κ2) is 7.53. The molecule has 2 aromatic carbocycles. The van der Waals surface area contributed by atoms with E-state index < -0.39 is 5.97 Å². The van der Waals surface area contributed by atoms with E-state index in [9.17, 15) is 15.0 Å². The van der Waals surface area contributed by atoms with Gasteiger partial charge in [-0.3, -0.25) is 0 Å². The molecule has 5 rings (SSSR count). The lowest BCUT2D eigenvalue weighted by molar-refractivity contribution is -0.0239. The minimum Gasteiger partial charge on any atom is -0.478 e. The third-order valence-electron chi connectivity index (χ3n) is 8.80. The van der Waals surface area contributed by atoms with Crippen LogP contribution in [0, 0.1) is 23.2 Å². The number of aryl methyl sites for hydroxylation is 1. The zero-order chi connectivity index (χ0) is 20.9. The fourth-order valence-corrected chi connectivity index (χ4v) is 7.39. The van der Waals surface area contributed by atoms with Crippen molar-refractivity contribution in [2.75, 3.05) is 0 Å². The van der Waals surface area contributed by atoms with Crippen LogP contribution in [0.5, 0.6) is 0 Å². The number of carboxylic acids is 1. The Hall–Kier alpha value is -2.13. The molecule has 0 heterocycles. The average Bonchev–Trinajstić information content (AvgIpc) is 3.11. The van der Waals surface area contributed by atoms with Gasteiger partial charge in [-0.2, -0.15) is 0 Å². The Balaban J connectivity index is 1.37. The molecule has 3 aliphatic rings. The summed E-state index contributed by atoms with van der Waals surface area (Å²) in [4.78, 5) is 11.4. The molecule has 0 bridgehead atoms. The van der Waals surface area contributed by atoms with E-state index in [2.05, 4.69) is 37.3 Å². The largest absolute Gasteiger partial charge is 0.478 e. The summed E-state index contributed by atoms with van der Waals surface area (Å²) in [6, 6.07) is 16.2. The molecular formula is C27H32O3. The van der Waals surface area contributed by atoms with Gasteiger partial charge in [0.25, 0.3) is 0 Å². The molecule has 6 atom stereocenters. The molecule has 0 aliphatic heterocycles. The van der Waals surface area contributed by atoms with E-state index in [1.54, 1.807) is 6.07 Å². The van der Waals surface area contributed by atoms with Gasteiger partial charge < -0.3 is 10.2 Å². The fraction of sp³-hybridized carbons (Fsp3) is 0.519. The number of aliphatic hydroxyl groups excluding tert-OH is 1. The highest BCUT2D eigenvalue weighted by molar-refractivity contribution is 5.88. The predicted octanol–water partition coefficient (Wildman–Crippen LogP) is 5.46. The summed E-state index contributed by atoms with van der Waals surface area (Å²) in [6.45, 7) is 2.45. The van der Waals surface area contributed by atoms with Crippen LogP contribution >= 0.6 is 0 Å². The van der Waals surface area contributed by atoms with E-state index in [1.165, 1.54) is 23.1 Å². The minimum absolute atomic E-state index is 0.216. The number of carboxylic acid groups (broad SMARTS) is 1. The van der Waals surface area contributed by atoms with Gasteiger partial charge in [0.05, 0.1) is 11.7 Å². The summed E-state index contributed by atoms with van der Waals surface area (Å²) >= 11 is 0. The quantitative estimate of drug-likeness (QED) is 0.711. The van der Waals surface area contributed by atoms with Crippen LogP contribution in [-0.2, 0) is 12.8 Å². The number of hydrogen-bond acceptors (Lipinski definition) is 2. The van der Waals surface area contributed by atoms with E-state index in [0.717, 1.165) is 38.5 Å². The number of aliphatic hydroxyl groups is 1. The van der Waals surface area contributed by atoms with E-state index >= 15 is 0 Å². The van der Waals surface area contributed by atoms with E-state index in [0.29, 0.717) is 29.2 Å². The maximum Gasteiger partial charge on any atom is 0.335 e. The monoisotopic (exact) mass is 404 g/mol. The summed E-state index contributed by atoms with van der Waals surface area (Å²) < 4.78 is 0. The topological polar surface area (TPSA) is 57.5 Å². The number of fused-ring (bicyclic) bond motifs is 5. The highest BCUT2D eigenvalue weighted by Crippen LogP contribution is 2.63. The summed E-state index contributed by atoms with van der Waals surface area (Å²) in [5.74, 6) is 1.43. The molecule has 2 saturated carbocycles. The van der Waals surface area contributed by atoms with Crippen molar-refractivity contribution >= 4 is 5.97 Å². The third-order valence-corrected chi connectivity index (χ3v) is 8.80. The number of aromatic carboxylic acids is 1. The van der Waals surface area contributed by atoms with Crippen LogP contribution in [0.2, 0.25) is 0 Å². The summed E-state index contributed by atoms with van der Waals surface area (Å²) in [7, 11) is 0. The molecule has 3 heteroatoms. The molecule has 2 aromatic rings. The van der Waals surface area contributed by atoms with Gasteiger partial charge in [0.2, 0.25) is 0 Å². The molecule has 0 saturated heterocycles. The SMILES string of the molecule is C[C@]12CC[C@@H]3c4ccc(C(=O)O)cc4CC[C@H]3[C@@H]1CC[C@@H]2[C@@H](O)Cc1ccccc1. The smallest absolute Gasteiger partial charge is 0.335 e. The predicted molar refractivity (Wildman–Crippen MR) is 118 cm³/mol. The number of rotatable bonds is 4. The number of hydrogen-bond donors (Lipinski definition) is 2. The first-order valence-electron chi connectivity index (χ1n) is 11.6. The lowest BCUT2D eigenvalue weighted by atomic mass is 9.53. The summed E-state index contributed by atoms with van der Waals surface area (Å²) in [6.07, 6.45) is 7.29. The maximum absolute atomic E-state index is 11.4. The first-order valence-corrected chi connectivity index (χ1v) is 11.6. The standard InChI is InChI=1S/C27H32O3/c1-27-14-13-21-20-9-8-19(26(29)30)16-18(20)7-10-22(21)23(27)11-12-24(27)25(28)15-17-5-3-2-4-6-17/h2-6,8-9,16,21-25,28H,7,10-15H2,1H3,(H,29,30)/t21-,22-,23+,24-,25+,27+/m1/s1. The van der Waals surface area contributed by atoms with Crippen LogP contribution in [0.1, 0.15) is 72.0 Å².